The van der Waals surface area contributed by atoms with Crippen LogP contribution in [0.4, 0.5) is 13.6 Å². The number of urea groups is 1. The number of carbonyl (C=O) groups is 1. The molecule has 0 bridgehead atoms. The monoisotopic (exact) mass is 450 g/mol. The van der Waals surface area contributed by atoms with Crippen LogP contribution in [0.1, 0.15) is 23.0 Å². The molecule has 3 N–H and O–H groups in total. The Kier molecular flexibility index (Phi) is 6.83. The number of aromatic amines is 1. The zero-order valence-corrected chi connectivity index (χ0v) is 18.1. The van der Waals surface area contributed by atoms with Gasteiger partial charge in [0.25, 0.3) is 0 Å². The number of nitrogens with one attached hydrogen (secondary N) is 3. The van der Waals surface area contributed by atoms with Crippen LogP contribution in [0.25, 0.3) is 11.0 Å². The first kappa shape index (κ1) is 22.3. The molecule has 3 aromatic carbocycles. The van der Waals surface area contributed by atoms with Crippen LogP contribution >= 0.6 is 0 Å². The van der Waals surface area contributed by atoms with Crippen LogP contribution in [0, 0.1) is 11.6 Å². The first-order valence-corrected chi connectivity index (χ1v) is 10.6. The summed E-state index contributed by atoms with van der Waals surface area (Å²) in [4.78, 5) is 20.5. The number of ether oxygens (including phenoxy) is 1. The second-order valence-corrected chi connectivity index (χ2v) is 7.64. The fraction of sp³-hybridized carbons (Fsp3) is 0.200. The predicted molar refractivity (Wildman–Crippen MR) is 122 cm³/mol. The summed E-state index contributed by atoms with van der Waals surface area (Å²) in [6, 6.07) is 18.2. The molecule has 2 amide bonds. The average Bonchev–Trinajstić information content (AvgIpc) is 3.26. The molecule has 1 unspecified atom stereocenters. The number of aromatic nitrogens is 2. The molecule has 4 rings (SSSR count). The van der Waals surface area contributed by atoms with E-state index in [1.165, 1.54) is 6.07 Å². The topological polar surface area (TPSA) is 79.0 Å². The highest BCUT2D eigenvalue weighted by Gasteiger charge is 2.19. The van der Waals surface area contributed by atoms with Crippen molar-refractivity contribution in [3.63, 3.8) is 0 Å². The van der Waals surface area contributed by atoms with Gasteiger partial charge in [0.2, 0.25) is 0 Å². The third-order valence-corrected chi connectivity index (χ3v) is 5.33. The van der Waals surface area contributed by atoms with Crippen LogP contribution in [0.3, 0.4) is 0 Å². The minimum Gasteiger partial charge on any atom is -0.497 e. The quantitative estimate of drug-likeness (QED) is 0.365. The summed E-state index contributed by atoms with van der Waals surface area (Å²) in [6.45, 7) is 0.270. The fourth-order valence-electron chi connectivity index (χ4n) is 3.58. The maximum atomic E-state index is 13.4. The van der Waals surface area contributed by atoms with Gasteiger partial charge in [-0.3, -0.25) is 0 Å². The van der Waals surface area contributed by atoms with Gasteiger partial charge in [-0.05, 0) is 60.4 Å². The van der Waals surface area contributed by atoms with Crippen LogP contribution in [-0.2, 0) is 12.8 Å². The van der Waals surface area contributed by atoms with E-state index in [0.717, 1.165) is 34.5 Å². The lowest BCUT2D eigenvalue weighted by atomic mass is 10.1. The molecule has 0 aliphatic rings. The number of hydrogen-bond donors (Lipinski definition) is 3. The van der Waals surface area contributed by atoms with Crippen molar-refractivity contribution in [2.75, 3.05) is 13.7 Å². The van der Waals surface area contributed by atoms with Crippen molar-refractivity contribution in [2.24, 2.45) is 0 Å². The number of para-hydroxylation sites is 2. The Hall–Kier alpha value is -3.94. The van der Waals surface area contributed by atoms with Crippen LogP contribution in [0.15, 0.2) is 66.7 Å². The molecule has 4 aromatic rings. The van der Waals surface area contributed by atoms with Gasteiger partial charge in [-0.2, -0.15) is 0 Å². The molecule has 0 fully saturated rings. The van der Waals surface area contributed by atoms with E-state index in [1.54, 1.807) is 7.11 Å². The highest BCUT2D eigenvalue weighted by molar-refractivity contribution is 5.76. The minimum absolute atomic E-state index is 0.270. The molecule has 6 nitrogen and oxygen atoms in total. The number of hydrogen-bond acceptors (Lipinski definition) is 3. The van der Waals surface area contributed by atoms with Gasteiger partial charge in [-0.15, -0.1) is 0 Å². The fourth-order valence-corrected chi connectivity index (χ4v) is 3.58. The van der Waals surface area contributed by atoms with E-state index < -0.39 is 17.7 Å². The number of fused-ring (bicyclic) bond motifs is 1. The Morgan fingerprint density at radius 3 is 2.52 bits per heavy atom. The third-order valence-electron chi connectivity index (χ3n) is 5.33. The second-order valence-electron chi connectivity index (χ2n) is 7.64. The molecule has 0 spiro atoms. The van der Waals surface area contributed by atoms with Gasteiger partial charge in [-0.25, -0.2) is 18.6 Å². The number of nitrogens with zero attached hydrogens (tertiary/aromatic N) is 1. The van der Waals surface area contributed by atoms with E-state index in [4.69, 9.17) is 4.74 Å². The van der Waals surface area contributed by atoms with E-state index in [9.17, 15) is 13.6 Å². The second kappa shape index (κ2) is 10.1. The Morgan fingerprint density at radius 2 is 1.79 bits per heavy atom. The van der Waals surface area contributed by atoms with Gasteiger partial charge in [-0.1, -0.05) is 30.3 Å². The van der Waals surface area contributed by atoms with E-state index in [2.05, 4.69) is 20.6 Å². The smallest absolute Gasteiger partial charge is 0.315 e. The summed E-state index contributed by atoms with van der Waals surface area (Å²) in [7, 11) is 1.61. The van der Waals surface area contributed by atoms with Crippen molar-refractivity contribution >= 4 is 17.1 Å². The standard InChI is InChI=1S/C25H24F2N4O2/c1-33-18-9-6-16(7-10-18)15-23(24-29-21-4-2-3-5-22(21)30-24)31-25(32)28-13-12-17-8-11-19(26)20(27)14-17/h2-11,14,23H,12-13,15H2,1H3,(H,29,30)(H2,28,31,32). The molecule has 1 atom stereocenters. The summed E-state index contributed by atoms with van der Waals surface area (Å²) in [6.07, 6.45) is 0.888. The summed E-state index contributed by atoms with van der Waals surface area (Å²) >= 11 is 0. The highest BCUT2D eigenvalue weighted by atomic mass is 19.2. The van der Waals surface area contributed by atoms with Crippen LogP contribution in [-0.4, -0.2) is 29.7 Å². The van der Waals surface area contributed by atoms with Gasteiger partial charge < -0.3 is 20.4 Å². The highest BCUT2D eigenvalue weighted by Crippen LogP contribution is 2.21. The van der Waals surface area contributed by atoms with Crippen molar-refractivity contribution in [1.29, 1.82) is 0 Å². The number of methoxy groups -OCH3 is 1. The lowest BCUT2D eigenvalue weighted by molar-refractivity contribution is 0.236. The predicted octanol–water partition coefficient (Wildman–Crippen LogP) is 4.68. The number of carbonyl (C=O) groups excluding carboxylic acids is 1. The third kappa shape index (κ3) is 5.65. The van der Waals surface area contributed by atoms with Crippen LogP contribution in [0.2, 0.25) is 0 Å². The SMILES string of the molecule is COc1ccc(CC(NC(=O)NCCc2ccc(F)c(F)c2)c2nc3ccccc3[nH]2)cc1. The van der Waals surface area contributed by atoms with Gasteiger partial charge in [0.05, 0.1) is 24.2 Å². The first-order chi connectivity index (χ1) is 16.0. The van der Waals surface area contributed by atoms with E-state index in [-0.39, 0.29) is 12.6 Å². The van der Waals surface area contributed by atoms with Crippen LogP contribution in [0.5, 0.6) is 5.75 Å². The number of rotatable bonds is 8. The maximum absolute atomic E-state index is 13.4. The summed E-state index contributed by atoms with van der Waals surface area (Å²) in [5.41, 5.74) is 3.30. The molecular weight excluding hydrogens is 426 g/mol. The molecule has 0 radical (unpaired) electrons. The molecule has 1 aromatic heterocycles. The van der Waals surface area contributed by atoms with Crippen molar-refractivity contribution in [3.8, 4) is 5.75 Å². The minimum atomic E-state index is -0.901. The molecule has 0 aliphatic heterocycles. The molecule has 8 heteroatoms. The van der Waals surface area contributed by atoms with Gasteiger partial charge in [0.15, 0.2) is 11.6 Å². The van der Waals surface area contributed by atoms with Crippen LogP contribution < -0.4 is 15.4 Å². The zero-order chi connectivity index (χ0) is 23.2. The zero-order valence-electron chi connectivity index (χ0n) is 18.1. The van der Waals surface area contributed by atoms with Gasteiger partial charge in [0.1, 0.15) is 11.6 Å². The molecule has 0 saturated heterocycles. The lowest BCUT2D eigenvalue weighted by Gasteiger charge is -2.18. The molecule has 33 heavy (non-hydrogen) atoms. The largest absolute Gasteiger partial charge is 0.497 e. The van der Waals surface area contributed by atoms with Gasteiger partial charge >= 0.3 is 6.03 Å². The number of amides is 2. The van der Waals surface area contributed by atoms with E-state index in [1.807, 2.05) is 48.5 Å². The molecular formula is C25H24F2N4O2. The Morgan fingerprint density at radius 1 is 1.03 bits per heavy atom. The van der Waals surface area contributed by atoms with Crippen molar-refractivity contribution < 1.29 is 18.3 Å². The molecule has 0 saturated carbocycles. The lowest BCUT2D eigenvalue weighted by Crippen LogP contribution is -2.40. The van der Waals surface area contributed by atoms with Crippen molar-refractivity contribution in [1.82, 2.24) is 20.6 Å². The Balaban J connectivity index is 1.44. The first-order valence-electron chi connectivity index (χ1n) is 10.6. The average molecular weight is 450 g/mol. The van der Waals surface area contributed by atoms with E-state index in [0.29, 0.717) is 24.2 Å². The molecule has 0 aliphatic carbocycles. The normalized spacial score (nSPS) is 11.8. The summed E-state index contributed by atoms with van der Waals surface area (Å²) in [5, 5.41) is 5.74. The Bertz CT molecular complexity index is 1210. The van der Waals surface area contributed by atoms with Crippen molar-refractivity contribution in [2.45, 2.75) is 18.9 Å². The maximum Gasteiger partial charge on any atom is 0.315 e. The van der Waals surface area contributed by atoms with E-state index >= 15 is 0 Å². The summed E-state index contributed by atoms with van der Waals surface area (Å²) < 4.78 is 31.7. The number of benzene rings is 3. The van der Waals surface area contributed by atoms with Gasteiger partial charge in [0, 0.05) is 6.54 Å². The van der Waals surface area contributed by atoms with Crippen molar-refractivity contribution in [3.05, 3.63) is 95.3 Å². The molecule has 170 valence electrons. The number of halogens is 2. The Labute approximate surface area is 190 Å². The molecule has 1 heterocycles. The number of H-pyrrole nitrogens is 1. The summed E-state index contributed by atoms with van der Waals surface area (Å²) in [5.74, 6) is -0.400. The number of imidazole rings is 1.